The number of halogens is 24. The Morgan fingerprint density at radius 2 is 0.644 bits per heavy atom. The molecule has 6 aromatic rings. The van der Waals surface area contributed by atoms with E-state index in [1.807, 2.05) is 0 Å². The van der Waals surface area contributed by atoms with Crippen molar-refractivity contribution in [2.45, 2.75) is 80.1 Å². The van der Waals surface area contributed by atoms with Gasteiger partial charge in [-0.25, -0.2) is 9.59 Å². The summed E-state index contributed by atoms with van der Waals surface area (Å²) in [6.07, 6.45) is -61.6. The molecule has 1 heterocycles. The summed E-state index contributed by atoms with van der Waals surface area (Å²) in [5.41, 5.74) is -19.9. The third-order valence-corrected chi connectivity index (χ3v) is 16.0. The van der Waals surface area contributed by atoms with Crippen LogP contribution in [0.25, 0.3) is 0 Å². The molecule has 470 valence electrons. The van der Waals surface area contributed by atoms with Crippen LogP contribution in [0.2, 0.25) is 0 Å². The first-order valence-electron chi connectivity index (χ1n) is 23.7. The van der Waals surface area contributed by atoms with E-state index in [4.69, 9.17) is 28.0 Å². The lowest BCUT2D eigenvalue weighted by Gasteiger charge is -2.46. The maximum atomic E-state index is 14.7. The molecular weight excluding hydrogens is 1280 g/mol. The average molecular weight is 1310 g/mol. The van der Waals surface area contributed by atoms with E-state index in [9.17, 15) is 115 Å². The van der Waals surface area contributed by atoms with E-state index in [-0.39, 0.29) is 48.5 Å². The fourth-order valence-corrected chi connectivity index (χ4v) is 12.3. The van der Waals surface area contributed by atoms with Crippen LogP contribution >= 0.6 is 16.3 Å². The van der Waals surface area contributed by atoms with Crippen molar-refractivity contribution in [3.8, 4) is 0 Å². The van der Waals surface area contributed by atoms with Gasteiger partial charge in [-0.2, -0.15) is 105 Å². The Hall–Kier alpha value is -6.72. The molecule has 0 amide bonds. The van der Waals surface area contributed by atoms with Gasteiger partial charge in [-0.3, -0.25) is 0 Å². The third-order valence-electron chi connectivity index (χ3n) is 12.1. The van der Waals surface area contributed by atoms with Crippen molar-refractivity contribution < 1.29 is 143 Å². The lowest BCUT2D eigenvalue weighted by atomic mass is 9.99. The van der Waals surface area contributed by atoms with Gasteiger partial charge >= 0.3 is 61.3 Å². The molecule has 8 nitrogen and oxygen atoms in total. The number of benzene rings is 6. The maximum Gasteiger partial charge on any atom is 0.416 e. The molecular formula is C53H32F24O8P2. The summed E-state index contributed by atoms with van der Waals surface area (Å²) in [4.78, 5) is 27.6. The van der Waals surface area contributed by atoms with Crippen LogP contribution in [0.15, 0.2) is 133 Å². The number of rotatable bonds is 14. The molecule has 0 unspecified atom stereocenters. The molecule has 0 spiro atoms. The van der Waals surface area contributed by atoms with E-state index < -0.39 is 216 Å². The van der Waals surface area contributed by atoms with Gasteiger partial charge in [-0.05, 0) is 97.1 Å². The number of carbonyl (C=O) groups excluding carboxylic acids is 2. The largest absolute Gasteiger partial charge is 0.459 e. The number of carbonyl (C=O) groups is 2. The van der Waals surface area contributed by atoms with Crippen LogP contribution in [0.5, 0.6) is 0 Å². The van der Waals surface area contributed by atoms with Gasteiger partial charge in [-0.15, -0.1) is 0 Å². The predicted octanol–water partition coefficient (Wildman–Crippen LogP) is 15.5. The summed E-state index contributed by atoms with van der Waals surface area (Å²) in [6.45, 7) is -1.56. The Kier molecular flexibility index (Phi) is 19.5. The smallest absolute Gasteiger partial charge is 0.416 e. The molecule has 0 N–H and O–H groups in total. The highest BCUT2D eigenvalue weighted by atomic mass is 31.1. The summed E-state index contributed by atoms with van der Waals surface area (Å²) in [5.74, 6) is -3.12. The van der Waals surface area contributed by atoms with Gasteiger partial charge in [0, 0.05) is 28.3 Å². The number of alkyl halides is 24. The zero-order valence-electron chi connectivity index (χ0n) is 42.5. The van der Waals surface area contributed by atoms with E-state index in [1.54, 1.807) is 0 Å². The van der Waals surface area contributed by atoms with Crippen LogP contribution in [-0.2, 0) is 77.4 Å². The summed E-state index contributed by atoms with van der Waals surface area (Å²) in [6, 6.07) is 6.64. The topological polar surface area (TPSA) is 89.5 Å². The molecule has 6 aromatic carbocycles. The normalized spacial score (nSPS) is 18.5. The maximum absolute atomic E-state index is 14.7. The van der Waals surface area contributed by atoms with Crippen LogP contribution in [0.1, 0.15) is 65.2 Å². The van der Waals surface area contributed by atoms with Gasteiger partial charge < -0.3 is 28.0 Å². The first-order chi connectivity index (χ1) is 39.9. The molecule has 0 bridgehead atoms. The molecule has 0 aliphatic carbocycles. The van der Waals surface area contributed by atoms with Crippen molar-refractivity contribution in [1.29, 1.82) is 0 Å². The van der Waals surface area contributed by atoms with Gasteiger partial charge in [0.15, 0.2) is 12.4 Å². The number of esters is 2. The van der Waals surface area contributed by atoms with Crippen molar-refractivity contribution in [2.24, 2.45) is 0 Å². The van der Waals surface area contributed by atoms with Crippen molar-refractivity contribution in [3.63, 3.8) is 0 Å². The average Bonchev–Trinajstić information content (AvgIpc) is 0.803. The van der Waals surface area contributed by atoms with Crippen LogP contribution < -0.4 is 21.2 Å². The van der Waals surface area contributed by atoms with Crippen LogP contribution in [0, 0.1) is 0 Å². The minimum atomic E-state index is -5.93. The van der Waals surface area contributed by atoms with Gasteiger partial charge in [-0.1, -0.05) is 36.4 Å². The Bertz CT molecular complexity index is 3140. The Balaban J connectivity index is 1.65. The Morgan fingerprint density at radius 1 is 0.379 bits per heavy atom. The number of methoxy groups -OCH3 is 1. The fraction of sp³-hybridized carbons (Fsp3) is 0.283. The highest BCUT2D eigenvalue weighted by molar-refractivity contribution is 7.69. The Morgan fingerprint density at radius 3 is 0.908 bits per heavy atom. The van der Waals surface area contributed by atoms with Gasteiger partial charge in [0.05, 0.1) is 71.9 Å². The molecule has 1 aliphatic rings. The minimum absolute atomic E-state index is 0.293. The van der Waals surface area contributed by atoms with Crippen LogP contribution in [-0.4, -0.2) is 56.4 Å². The van der Waals surface area contributed by atoms with Crippen molar-refractivity contribution in [3.05, 3.63) is 189 Å². The molecule has 0 aromatic heterocycles. The number of hydrogen-bond acceptors (Lipinski definition) is 8. The van der Waals surface area contributed by atoms with E-state index in [1.165, 1.54) is 24.3 Å². The summed E-state index contributed by atoms with van der Waals surface area (Å²) in [5, 5.41) is -6.70. The molecule has 1 fully saturated rings. The fourth-order valence-electron chi connectivity index (χ4n) is 8.16. The quantitative estimate of drug-likeness (QED) is 0.0605. The van der Waals surface area contributed by atoms with E-state index >= 15 is 0 Å². The van der Waals surface area contributed by atoms with Crippen LogP contribution in [0.3, 0.4) is 0 Å². The summed E-state index contributed by atoms with van der Waals surface area (Å²) in [7, 11) is -8.26. The molecule has 5 atom stereocenters. The van der Waals surface area contributed by atoms with Crippen LogP contribution in [0.4, 0.5) is 105 Å². The second-order valence-corrected chi connectivity index (χ2v) is 21.9. The zero-order valence-corrected chi connectivity index (χ0v) is 44.3. The molecule has 1 saturated heterocycles. The highest BCUT2D eigenvalue weighted by Crippen LogP contribution is 2.51. The predicted molar refractivity (Wildman–Crippen MR) is 256 cm³/mol. The molecule has 1 aliphatic heterocycles. The third kappa shape index (κ3) is 16.7. The van der Waals surface area contributed by atoms with Crippen molar-refractivity contribution in [2.75, 3.05) is 13.7 Å². The monoisotopic (exact) mass is 1310 g/mol. The standard InChI is InChI=1S/C53H32F24O8P2/c1-80-45-42(83-44(79)26-10-6-3-7-11-26)41(85-87(37-20-31(50(66,67)68)14-32(21-37)51(69,70)71)38-22-33(52(72,73)74)15-34(23-38)53(75,76)77)40(39(82-45)24-81-43(78)25-8-4-2-5-9-25)84-86(35-16-27(46(54,55)56)12-28(17-35)47(57,58)59)36-18-29(48(60,61)62)13-30(19-36)49(63,64)65/h2-23,39-42,45H,24H2,1H3/t39-,40-,41+,42-,45+/m1/s1. The lowest BCUT2D eigenvalue weighted by Crippen LogP contribution is -2.62. The zero-order chi connectivity index (χ0) is 64.8. The second-order valence-electron chi connectivity index (χ2n) is 18.3. The van der Waals surface area contributed by atoms with Gasteiger partial charge in [0.2, 0.25) is 0 Å². The molecule has 0 radical (unpaired) electrons. The van der Waals surface area contributed by atoms with Gasteiger partial charge in [0.1, 0.15) is 24.9 Å². The van der Waals surface area contributed by atoms with E-state index in [0.717, 1.165) is 36.4 Å². The van der Waals surface area contributed by atoms with Crippen molar-refractivity contribution >= 4 is 49.5 Å². The number of ether oxygens (including phenoxy) is 4. The second kappa shape index (κ2) is 25.0. The molecule has 34 heteroatoms. The summed E-state index contributed by atoms with van der Waals surface area (Å²) < 4.78 is 387. The first-order valence-corrected chi connectivity index (χ1v) is 26.2. The van der Waals surface area contributed by atoms with E-state index in [2.05, 4.69) is 0 Å². The van der Waals surface area contributed by atoms with E-state index in [0.29, 0.717) is 7.11 Å². The molecule has 7 rings (SSSR count). The first kappa shape index (κ1) is 67.8. The Labute approximate surface area is 474 Å². The number of hydrogen-bond donors (Lipinski definition) is 0. The SMILES string of the molecule is CO[C@H]1O[C@H](COC(=O)c2ccccc2)[C@@H](OP(c2cc(C(F)(F)F)cc(C(F)(F)F)c2)c2cc(C(F)(F)F)cc(C(F)(F)F)c2)[C@H](OP(c2cc(C(F)(F)F)cc(C(F)(F)F)c2)c2cc(C(F)(F)F)cc(C(F)(F)F)c2)[C@H]1OC(=O)c1ccccc1. The minimum Gasteiger partial charge on any atom is -0.459 e. The van der Waals surface area contributed by atoms with Crippen molar-refractivity contribution in [1.82, 2.24) is 0 Å². The molecule has 0 saturated carbocycles. The highest BCUT2D eigenvalue weighted by Gasteiger charge is 2.54. The molecule has 87 heavy (non-hydrogen) atoms. The lowest BCUT2D eigenvalue weighted by molar-refractivity contribution is -0.283. The summed E-state index contributed by atoms with van der Waals surface area (Å²) >= 11 is 0. The van der Waals surface area contributed by atoms with Gasteiger partial charge in [0.25, 0.3) is 0 Å².